The summed E-state index contributed by atoms with van der Waals surface area (Å²) in [6.07, 6.45) is 1.51. The first-order valence-corrected chi connectivity index (χ1v) is 7.08. The largest absolute Gasteiger partial charge is 0.389 e. The maximum Gasteiger partial charge on any atom is 0.236 e. The number of hydrogen-bond donors (Lipinski definition) is 2. The van der Waals surface area contributed by atoms with Crippen LogP contribution < -0.4 is 16.4 Å². The Hall–Kier alpha value is -1.76. The molecule has 0 unspecified atom stereocenters. The second kappa shape index (κ2) is 7.14. The Morgan fingerprint density at radius 1 is 1.20 bits per heavy atom. The molecule has 6 nitrogen and oxygen atoms in total. The average Bonchev–Trinajstić information content (AvgIpc) is 2.42. The van der Waals surface area contributed by atoms with Gasteiger partial charge < -0.3 is 16.4 Å². The summed E-state index contributed by atoms with van der Waals surface area (Å²) in [5.74, 6) is 0.105. The van der Waals surface area contributed by atoms with Crippen LogP contribution in [0.4, 0.5) is 5.82 Å². The highest BCUT2D eigenvalue weighted by molar-refractivity contribution is 7.80. The van der Waals surface area contributed by atoms with Gasteiger partial charge in [0, 0.05) is 6.54 Å². The minimum absolute atomic E-state index is 0.0649. The lowest BCUT2D eigenvalue weighted by atomic mass is 10.0. The van der Waals surface area contributed by atoms with Gasteiger partial charge in [0.25, 0.3) is 0 Å². The molecule has 0 aliphatic heterocycles. The zero-order valence-electron chi connectivity index (χ0n) is 12.1. The molecule has 0 aromatic carbocycles. The van der Waals surface area contributed by atoms with E-state index in [-0.39, 0.29) is 11.5 Å². The molecule has 1 aromatic rings. The van der Waals surface area contributed by atoms with E-state index in [1.54, 1.807) is 4.90 Å². The van der Waals surface area contributed by atoms with Crippen LogP contribution in [-0.2, 0) is 17.6 Å². The van der Waals surface area contributed by atoms with Crippen LogP contribution in [-0.4, -0.2) is 34.2 Å². The molecule has 4 N–H and O–H groups in total. The van der Waals surface area contributed by atoms with Gasteiger partial charge in [0.2, 0.25) is 5.91 Å². The van der Waals surface area contributed by atoms with Crippen LogP contribution in [0.25, 0.3) is 0 Å². The average molecular weight is 295 g/mol. The number of aryl methyl sites for hydroxylation is 1. The highest BCUT2D eigenvalue weighted by atomic mass is 32.1. The molecule has 1 aromatic heterocycles. The first-order chi connectivity index (χ1) is 9.46. The minimum atomic E-state index is -0.430. The van der Waals surface area contributed by atoms with E-state index < -0.39 is 5.91 Å². The van der Waals surface area contributed by atoms with Gasteiger partial charge in [0.05, 0.1) is 17.8 Å². The van der Waals surface area contributed by atoms with Crippen molar-refractivity contribution in [2.24, 2.45) is 11.5 Å². The van der Waals surface area contributed by atoms with Crippen molar-refractivity contribution in [3.05, 3.63) is 16.8 Å². The molecule has 0 aliphatic rings. The Kier molecular flexibility index (Phi) is 5.82. The van der Waals surface area contributed by atoms with Gasteiger partial charge in [0.15, 0.2) is 5.82 Å². The SMILES string of the molecule is CCc1nnc(N(CC)CC(N)=O)c(C(N)=S)c1CC. The molecule has 0 saturated heterocycles. The number of rotatable bonds is 7. The highest BCUT2D eigenvalue weighted by Crippen LogP contribution is 2.23. The Morgan fingerprint density at radius 3 is 2.25 bits per heavy atom. The van der Waals surface area contributed by atoms with E-state index in [0.717, 1.165) is 24.1 Å². The van der Waals surface area contributed by atoms with Crippen molar-refractivity contribution in [1.29, 1.82) is 0 Å². The standard InChI is InChI=1S/C13H21N5OS/c1-4-8-9(5-2)16-17-13(11(8)12(15)20)18(6-3)7-10(14)19/h4-7H2,1-3H3,(H2,14,19)(H2,15,20). The van der Waals surface area contributed by atoms with Crippen molar-refractivity contribution < 1.29 is 4.79 Å². The van der Waals surface area contributed by atoms with Gasteiger partial charge in [-0.2, -0.15) is 5.10 Å². The molecule has 1 rings (SSSR count). The van der Waals surface area contributed by atoms with Gasteiger partial charge in [-0.3, -0.25) is 4.79 Å². The van der Waals surface area contributed by atoms with Crippen molar-refractivity contribution in [2.45, 2.75) is 33.6 Å². The molecule has 0 bridgehead atoms. The summed E-state index contributed by atoms with van der Waals surface area (Å²) in [5, 5.41) is 8.43. The normalized spacial score (nSPS) is 10.3. The van der Waals surface area contributed by atoms with E-state index in [1.165, 1.54) is 0 Å². The van der Waals surface area contributed by atoms with Crippen molar-refractivity contribution >= 4 is 28.9 Å². The van der Waals surface area contributed by atoms with Crippen LogP contribution in [0.1, 0.15) is 37.6 Å². The van der Waals surface area contributed by atoms with E-state index >= 15 is 0 Å². The number of likely N-dealkylation sites (N-methyl/N-ethyl adjacent to an activating group) is 1. The van der Waals surface area contributed by atoms with Crippen LogP contribution in [0.3, 0.4) is 0 Å². The summed E-state index contributed by atoms with van der Waals surface area (Å²) >= 11 is 5.16. The number of primary amides is 1. The third-order valence-electron chi connectivity index (χ3n) is 3.10. The lowest BCUT2D eigenvalue weighted by Crippen LogP contribution is -2.36. The van der Waals surface area contributed by atoms with E-state index in [0.29, 0.717) is 17.9 Å². The third-order valence-corrected chi connectivity index (χ3v) is 3.31. The number of nitrogens with zero attached hydrogens (tertiary/aromatic N) is 3. The summed E-state index contributed by atoms with van der Waals surface area (Å²) in [6, 6.07) is 0. The molecule has 0 spiro atoms. The van der Waals surface area contributed by atoms with E-state index in [1.807, 2.05) is 20.8 Å². The van der Waals surface area contributed by atoms with E-state index in [4.69, 9.17) is 23.7 Å². The first-order valence-electron chi connectivity index (χ1n) is 6.67. The number of anilines is 1. The van der Waals surface area contributed by atoms with Crippen LogP contribution >= 0.6 is 12.2 Å². The Bertz CT molecular complexity index is 518. The first kappa shape index (κ1) is 16.3. The highest BCUT2D eigenvalue weighted by Gasteiger charge is 2.21. The van der Waals surface area contributed by atoms with Gasteiger partial charge in [0.1, 0.15) is 4.99 Å². The van der Waals surface area contributed by atoms with E-state index in [9.17, 15) is 4.79 Å². The molecule has 0 saturated carbocycles. The topological polar surface area (TPSA) is 98.1 Å². The summed E-state index contributed by atoms with van der Waals surface area (Å²) in [4.78, 5) is 13.2. The molecule has 1 amide bonds. The molecule has 110 valence electrons. The number of carbonyl (C=O) groups is 1. The summed E-state index contributed by atoms with van der Waals surface area (Å²) in [5.41, 5.74) is 13.7. The van der Waals surface area contributed by atoms with Gasteiger partial charge in [-0.15, -0.1) is 5.10 Å². The van der Waals surface area contributed by atoms with Gasteiger partial charge in [-0.05, 0) is 25.3 Å². The van der Waals surface area contributed by atoms with Crippen LogP contribution in [0.5, 0.6) is 0 Å². The number of carbonyl (C=O) groups excluding carboxylic acids is 1. The fourth-order valence-corrected chi connectivity index (χ4v) is 2.38. The Balaban J connectivity index is 3.45. The predicted octanol–water partition coefficient (Wildman–Crippen LogP) is 0.547. The molecular formula is C13H21N5OS. The minimum Gasteiger partial charge on any atom is -0.389 e. The monoisotopic (exact) mass is 295 g/mol. The zero-order chi connectivity index (χ0) is 15.3. The molecule has 0 radical (unpaired) electrons. The number of aromatic nitrogens is 2. The lowest BCUT2D eigenvalue weighted by Gasteiger charge is -2.24. The van der Waals surface area contributed by atoms with Crippen molar-refractivity contribution in [3.8, 4) is 0 Å². The fourth-order valence-electron chi connectivity index (χ4n) is 2.17. The van der Waals surface area contributed by atoms with Crippen LogP contribution in [0.15, 0.2) is 0 Å². The molecule has 20 heavy (non-hydrogen) atoms. The Morgan fingerprint density at radius 2 is 1.85 bits per heavy atom. The molecule has 0 aliphatic carbocycles. The molecular weight excluding hydrogens is 274 g/mol. The third kappa shape index (κ3) is 3.41. The molecule has 0 atom stereocenters. The number of hydrogen-bond acceptors (Lipinski definition) is 5. The van der Waals surface area contributed by atoms with Gasteiger partial charge >= 0.3 is 0 Å². The van der Waals surface area contributed by atoms with Crippen LogP contribution in [0, 0.1) is 0 Å². The Labute approximate surface area is 124 Å². The number of amides is 1. The van der Waals surface area contributed by atoms with Gasteiger partial charge in [-0.1, -0.05) is 26.1 Å². The van der Waals surface area contributed by atoms with Crippen molar-refractivity contribution in [3.63, 3.8) is 0 Å². The molecule has 1 heterocycles. The molecule has 7 heteroatoms. The number of nitrogens with two attached hydrogens (primary N) is 2. The quantitative estimate of drug-likeness (QED) is 0.713. The maximum absolute atomic E-state index is 11.2. The van der Waals surface area contributed by atoms with E-state index in [2.05, 4.69) is 10.2 Å². The fraction of sp³-hybridized carbons (Fsp3) is 0.538. The number of thiocarbonyl (C=S) groups is 1. The second-order valence-electron chi connectivity index (χ2n) is 4.38. The zero-order valence-corrected chi connectivity index (χ0v) is 13.0. The summed E-state index contributed by atoms with van der Waals surface area (Å²) in [7, 11) is 0. The maximum atomic E-state index is 11.2. The molecule has 0 fully saturated rings. The second-order valence-corrected chi connectivity index (χ2v) is 4.82. The van der Waals surface area contributed by atoms with Crippen molar-refractivity contribution in [2.75, 3.05) is 18.0 Å². The van der Waals surface area contributed by atoms with Crippen LogP contribution in [0.2, 0.25) is 0 Å². The van der Waals surface area contributed by atoms with Gasteiger partial charge in [-0.25, -0.2) is 0 Å². The smallest absolute Gasteiger partial charge is 0.236 e. The lowest BCUT2D eigenvalue weighted by molar-refractivity contribution is -0.116. The summed E-state index contributed by atoms with van der Waals surface area (Å²) in [6.45, 7) is 6.57. The van der Waals surface area contributed by atoms with Crippen molar-refractivity contribution in [1.82, 2.24) is 10.2 Å². The summed E-state index contributed by atoms with van der Waals surface area (Å²) < 4.78 is 0. The predicted molar refractivity (Wildman–Crippen MR) is 83.8 cm³/mol.